The summed E-state index contributed by atoms with van der Waals surface area (Å²) in [5.74, 6) is 0.158. The Morgan fingerprint density at radius 2 is 2.17 bits per heavy atom. The number of benzene rings is 1. The summed E-state index contributed by atoms with van der Waals surface area (Å²) in [5.41, 5.74) is 1.97. The molecule has 0 unspecified atom stereocenters. The zero-order valence-electron chi connectivity index (χ0n) is 13.5. The van der Waals surface area contributed by atoms with Crippen molar-refractivity contribution in [2.45, 2.75) is 19.8 Å². The number of nitrogens with zero attached hydrogens (tertiary/aromatic N) is 3. The minimum atomic E-state index is -0.313. The molecule has 4 amide bonds. The van der Waals surface area contributed by atoms with Crippen LogP contribution in [0.5, 0.6) is 0 Å². The highest BCUT2D eigenvalue weighted by Crippen LogP contribution is 2.20. The molecule has 8 nitrogen and oxygen atoms in total. The summed E-state index contributed by atoms with van der Waals surface area (Å²) in [6, 6.07) is 4.94. The number of rotatable bonds is 5. The lowest BCUT2D eigenvalue weighted by Crippen LogP contribution is -2.32. The number of hydrogen-bond donors (Lipinski definition) is 1. The Bertz CT molecular complexity index is 814. The van der Waals surface area contributed by atoms with Crippen LogP contribution >= 0.6 is 0 Å². The van der Waals surface area contributed by atoms with Crippen LogP contribution in [0.4, 0.5) is 10.5 Å². The van der Waals surface area contributed by atoms with Crippen molar-refractivity contribution in [1.82, 2.24) is 14.8 Å². The van der Waals surface area contributed by atoms with E-state index < -0.39 is 0 Å². The Morgan fingerprint density at radius 3 is 2.88 bits per heavy atom. The van der Waals surface area contributed by atoms with E-state index in [9.17, 15) is 14.4 Å². The Balaban J connectivity index is 1.51. The minimum Gasteiger partial charge on any atom is -0.441 e. The lowest BCUT2D eigenvalue weighted by Gasteiger charge is -2.13. The maximum Gasteiger partial charge on any atom is 0.326 e. The maximum atomic E-state index is 12.0. The molecule has 0 bridgehead atoms. The molecule has 1 fully saturated rings. The number of fused-ring (bicyclic) bond motifs is 1. The molecule has 1 aromatic carbocycles. The third-order valence-electron chi connectivity index (χ3n) is 3.80. The Morgan fingerprint density at radius 1 is 1.38 bits per heavy atom. The molecule has 1 saturated heterocycles. The van der Waals surface area contributed by atoms with Gasteiger partial charge in [-0.25, -0.2) is 9.78 Å². The van der Waals surface area contributed by atoms with Crippen molar-refractivity contribution in [3.8, 4) is 0 Å². The van der Waals surface area contributed by atoms with E-state index in [0.29, 0.717) is 23.6 Å². The Hall–Kier alpha value is -2.90. The fraction of sp³-hybridized carbons (Fsp3) is 0.375. The first-order valence-electron chi connectivity index (χ1n) is 7.66. The Kier molecular flexibility index (Phi) is 4.20. The normalized spacial score (nSPS) is 14.8. The van der Waals surface area contributed by atoms with E-state index in [-0.39, 0.29) is 37.4 Å². The van der Waals surface area contributed by atoms with E-state index >= 15 is 0 Å². The van der Waals surface area contributed by atoms with Crippen molar-refractivity contribution >= 4 is 34.6 Å². The van der Waals surface area contributed by atoms with E-state index in [1.807, 2.05) is 0 Å². The fourth-order valence-corrected chi connectivity index (χ4v) is 2.63. The van der Waals surface area contributed by atoms with Crippen LogP contribution in [0.25, 0.3) is 11.1 Å². The zero-order chi connectivity index (χ0) is 17.3. The summed E-state index contributed by atoms with van der Waals surface area (Å²) in [6.45, 7) is 2.11. The number of aryl methyl sites for hydroxylation is 1. The SMILES string of the molecule is Cc1nc2ccc(NC(=O)CCCN3C(=O)CN(C)C3=O)cc2o1. The van der Waals surface area contributed by atoms with Gasteiger partial charge in [0, 0.05) is 38.7 Å². The van der Waals surface area contributed by atoms with Crippen molar-refractivity contribution in [3.05, 3.63) is 24.1 Å². The molecule has 0 saturated carbocycles. The second-order valence-electron chi connectivity index (χ2n) is 5.75. The van der Waals surface area contributed by atoms with Gasteiger partial charge < -0.3 is 14.6 Å². The smallest absolute Gasteiger partial charge is 0.326 e. The number of carbonyl (C=O) groups excluding carboxylic acids is 3. The molecule has 1 aliphatic rings. The summed E-state index contributed by atoms with van der Waals surface area (Å²) in [5, 5.41) is 2.77. The summed E-state index contributed by atoms with van der Waals surface area (Å²) in [7, 11) is 1.58. The molecule has 0 spiro atoms. The van der Waals surface area contributed by atoms with E-state index in [1.54, 1.807) is 32.2 Å². The molecule has 2 aromatic rings. The Labute approximate surface area is 138 Å². The van der Waals surface area contributed by atoms with Gasteiger partial charge in [-0.2, -0.15) is 0 Å². The van der Waals surface area contributed by atoms with Gasteiger partial charge in [-0.3, -0.25) is 14.5 Å². The molecule has 2 heterocycles. The van der Waals surface area contributed by atoms with Gasteiger partial charge in [-0.05, 0) is 18.6 Å². The van der Waals surface area contributed by atoms with Crippen LogP contribution in [-0.2, 0) is 9.59 Å². The molecule has 1 N–H and O–H groups in total. The van der Waals surface area contributed by atoms with Crippen LogP contribution in [0.3, 0.4) is 0 Å². The van der Waals surface area contributed by atoms with E-state index in [1.165, 1.54) is 9.80 Å². The third kappa shape index (κ3) is 3.22. The predicted octanol–water partition coefficient (Wildman–Crippen LogP) is 1.75. The largest absolute Gasteiger partial charge is 0.441 e. The lowest BCUT2D eigenvalue weighted by atomic mass is 10.2. The molecule has 126 valence electrons. The minimum absolute atomic E-state index is 0.0989. The molecular weight excluding hydrogens is 312 g/mol. The van der Waals surface area contributed by atoms with Crippen LogP contribution < -0.4 is 5.32 Å². The van der Waals surface area contributed by atoms with Gasteiger partial charge in [-0.1, -0.05) is 0 Å². The van der Waals surface area contributed by atoms with Crippen molar-refractivity contribution in [2.24, 2.45) is 0 Å². The second-order valence-corrected chi connectivity index (χ2v) is 5.75. The number of likely N-dealkylation sites (N-methyl/N-ethyl adjacent to an activating group) is 1. The van der Waals surface area contributed by atoms with Crippen LogP contribution in [0, 0.1) is 6.92 Å². The number of urea groups is 1. The predicted molar refractivity (Wildman–Crippen MR) is 86.3 cm³/mol. The van der Waals surface area contributed by atoms with Crippen LogP contribution in [-0.4, -0.2) is 52.8 Å². The number of anilines is 1. The molecule has 8 heteroatoms. The summed E-state index contributed by atoms with van der Waals surface area (Å²) < 4.78 is 5.42. The first-order valence-corrected chi connectivity index (χ1v) is 7.66. The molecule has 1 aromatic heterocycles. The van der Waals surface area contributed by atoms with Crippen LogP contribution in [0.1, 0.15) is 18.7 Å². The molecule has 0 atom stereocenters. The second kappa shape index (κ2) is 6.31. The molecule has 0 aliphatic carbocycles. The average Bonchev–Trinajstić information content (AvgIpc) is 3.00. The molecule has 1 aliphatic heterocycles. The van der Waals surface area contributed by atoms with Gasteiger partial charge in [0.15, 0.2) is 11.5 Å². The number of amides is 4. The monoisotopic (exact) mass is 330 g/mol. The van der Waals surface area contributed by atoms with Gasteiger partial charge in [-0.15, -0.1) is 0 Å². The van der Waals surface area contributed by atoms with Crippen molar-refractivity contribution < 1.29 is 18.8 Å². The fourth-order valence-electron chi connectivity index (χ4n) is 2.63. The quantitative estimate of drug-likeness (QED) is 0.843. The van der Waals surface area contributed by atoms with E-state index in [2.05, 4.69) is 10.3 Å². The van der Waals surface area contributed by atoms with Crippen molar-refractivity contribution in [2.75, 3.05) is 25.5 Å². The van der Waals surface area contributed by atoms with Gasteiger partial charge in [0.1, 0.15) is 12.1 Å². The molecular formula is C16H18N4O4. The maximum absolute atomic E-state index is 12.0. The topological polar surface area (TPSA) is 95.8 Å². The van der Waals surface area contributed by atoms with Crippen molar-refractivity contribution in [1.29, 1.82) is 0 Å². The highest BCUT2D eigenvalue weighted by molar-refractivity contribution is 6.01. The zero-order valence-corrected chi connectivity index (χ0v) is 13.5. The highest BCUT2D eigenvalue weighted by Gasteiger charge is 2.32. The summed E-state index contributed by atoms with van der Waals surface area (Å²) in [4.78, 5) is 42.1. The average molecular weight is 330 g/mol. The number of aromatic nitrogens is 1. The standard InChI is InChI=1S/C16H18N4O4/c1-10-17-12-6-5-11(8-13(12)24-10)18-14(21)4-3-7-20-15(22)9-19(2)16(20)23/h5-6,8H,3-4,7,9H2,1-2H3,(H,18,21). The van der Waals surface area contributed by atoms with Crippen LogP contribution in [0.2, 0.25) is 0 Å². The van der Waals surface area contributed by atoms with E-state index in [4.69, 9.17) is 4.42 Å². The number of nitrogens with one attached hydrogen (secondary N) is 1. The van der Waals surface area contributed by atoms with Gasteiger partial charge in [0.05, 0.1) is 0 Å². The summed E-state index contributed by atoms with van der Waals surface area (Å²) in [6.07, 6.45) is 0.634. The highest BCUT2D eigenvalue weighted by atomic mass is 16.3. The number of oxazole rings is 1. The molecule has 0 radical (unpaired) electrons. The lowest BCUT2D eigenvalue weighted by molar-refractivity contribution is -0.125. The van der Waals surface area contributed by atoms with Gasteiger partial charge >= 0.3 is 6.03 Å². The molecule has 24 heavy (non-hydrogen) atoms. The van der Waals surface area contributed by atoms with Crippen molar-refractivity contribution in [3.63, 3.8) is 0 Å². The number of hydrogen-bond acceptors (Lipinski definition) is 5. The molecule has 3 rings (SSSR count). The first-order chi connectivity index (χ1) is 11.4. The van der Waals surface area contributed by atoms with E-state index in [0.717, 1.165) is 5.52 Å². The van der Waals surface area contributed by atoms with Crippen LogP contribution in [0.15, 0.2) is 22.6 Å². The van der Waals surface area contributed by atoms with Gasteiger partial charge in [0.2, 0.25) is 11.8 Å². The summed E-state index contributed by atoms with van der Waals surface area (Å²) >= 11 is 0. The first kappa shape index (κ1) is 16.0. The number of imide groups is 1. The van der Waals surface area contributed by atoms with Gasteiger partial charge in [0.25, 0.3) is 0 Å². The third-order valence-corrected chi connectivity index (χ3v) is 3.80. The number of carbonyl (C=O) groups is 3.